The first kappa shape index (κ1) is 13.5. The van der Waals surface area contributed by atoms with Gasteiger partial charge in [0, 0.05) is 27.5 Å². The Bertz CT molecular complexity index is 964. The molecule has 0 radical (unpaired) electrons. The standard InChI is InChI=1S/C17H12ClN3S/c18-17-20-10-14(22-17)9-19-13-5-6-16-12(8-13)7-11-3-1-2-4-15(11)21-16/h1-8,10,19H,9H2. The molecule has 0 fully saturated rings. The highest BCUT2D eigenvalue weighted by atomic mass is 35.5. The molecule has 0 saturated heterocycles. The predicted octanol–water partition coefficient (Wildman–Crippen LogP) is 5.11. The summed E-state index contributed by atoms with van der Waals surface area (Å²) in [5.74, 6) is 0. The van der Waals surface area contributed by atoms with E-state index in [1.165, 1.54) is 11.3 Å². The van der Waals surface area contributed by atoms with Crippen molar-refractivity contribution in [2.24, 2.45) is 0 Å². The molecule has 0 aliphatic carbocycles. The molecule has 4 aromatic rings. The zero-order valence-corrected chi connectivity index (χ0v) is 13.2. The van der Waals surface area contributed by atoms with Crippen LogP contribution in [0.1, 0.15) is 4.88 Å². The van der Waals surface area contributed by atoms with Gasteiger partial charge in [-0.15, -0.1) is 11.3 Å². The summed E-state index contributed by atoms with van der Waals surface area (Å²) in [6, 6.07) is 16.6. The van der Waals surface area contributed by atoms with E-state index in [0.29, 0.717) is 4.47 Å². The van der Waals surface area contributed by atoms with Crippen LogP contribution >= 0.6 is 22.9 Å². The molecule has 22 heavy (non-hydrogen) atoms. The average molecular weight is 326 g/mol. The topological polar surface area (TPSA) is 37.8 Å². The second-order valence-electron chi connectivity index (χ2n) is 5.02. The quantitative estimate of drug-likeness (QED) is 0.532. The molecule has 2 heterocycles. The van der Waals surface area contributed by atoms with Crippen LogP contribution in [0.2, 0.25) is 4.47 Å². The van der Waals surface area contributed by atoms with Crippen LogP contribution in [0.4, 0.5) is 5.69 Å². The van der Waals surface area contributed by atoms with Gasteiger partial charge >= 0.3 is 0 Å². The SMILES string of the molecule is Clc1ncc(CNc2ccc3nc4ccccc4cc3c2)s1. The van der Waals surface area contributed by atoms with Gasteiger partial charge in [-0.1, -0.05) is 29.8 Å². The Morgan fingerprint density at radius 2 is 1.86 bits per heavy atom. The summed E-state index contributed by atoms with van der Waals surface area (Å²) in [4.78, 5) is 9.85. The summed E-state index contributed by atoms with van der Waals surface area (Å²) in [5, 5.41) is 5.68. The summed E-state index contributed by atoms with van der Waals surface area (Å²) in [7, 11) is 0. The highest BCUT2D eigenvalue weighted by Gasteiger charge is 2.02. The summed E-state index contributed by atoms with van der Waals surface area (Å²) in [6.45, 7) is 0.719. The van der Waals surface area contributed by atoms with E-state index in [4.69, 9.17) is 11.6 Å². The lowest BCUT2D eigenvalue weighted by Crippen LogP contribution is -1.97. The first-order valence-electron chi connectivity index (χ1n) is 6.91. The minimum Gasteiger partial charge on any atom is -0.380 e. The van der Waals surface area contributed by atoms with E-state index < -0.39 is 0 Å². The number of halogens is 1. The van der Waals surface area contributed by atoms with Gasteiger partial charge in [0.05, 0.1) is 17.6 Å². The lowest BCUT2D eigenvalue weighted by Gasteiger charge is -2.07. The minimum absolute atomic E-state index is 0.575. The molecule has 3 nitrogen and oxygen atoms in total. The van der Waals surface area contributed by atoms with Crippen molar-refractivity contribution in [1.29, 1.82) is 0 Å². The van der Waals surface area contributed by atoms with Crippen molar-refractivity contribution in [2.75, 3.05) is 5.32 Å². The van der Waals surface area contributed by atoms with Gasteiger partial charge in [0.25, 0.3) is 0 Å². The Morgan fingerprint density at radius 1 is 1.00 bits per heavy atom. The summed E-state index contributed by atoms with van der Waals surface area (Å²) in [5.41, 5.74) is 3.09. The summed E-state index contributed by atoms with van der Waals surface area (Å²) < 4.78 is 0.575. The van der Waals surface area contributed by atoms with Crippen LogP contribution in [0, 0.1) is 0 Å². The number of para-hydroxylation sites is 1. The van der Waals surface area contributed by atoms with Gasteiger partial charge in [-0.05, 0) is 30.3 Å². The van der Waals surface area contributed by atoms with Crippen molar-refractivity contribution in [2.45, 2.75) is 6.54 Å². The Kier molecular flexibility index (Phi) is 3.41. The first-order valence-corrected chi connectivity index (χ1v) is 8.11. The summed E-state index contributed by atoms with van der Waals surface area (Å²) >= 11 is 7.34. The number of fused-ring (bicyclic) bond motifs is 2. The number of hydrogen-bond acceptors (Lipinski definition) is 4. The average Bonchev–Trinajstić information content (AvgIpc) is 2.96. The molecule has 0 saturated carbocycles. The van der Waals surface area contributed by atoms with E-state index in [0.717, 1.165) is 38.9 Å². The molecule has 0 atom stereocenters. The van der Waals surface area contributed by atoms with E-state index in [-0.39, 0.29) is 0 Å². The smallest absolute Gasteiger partial charge is 0.183 e. The molecule has 1 N–H and O–H groups in total. The van der Waals surface area contributed by atoms with E-state index >= 15 is 0 Å². The molecule has 4 rings (SSSR count). The van der Waals surface area contributed by atoms with Crippen molar-refractivity contribution in [3.63, 3.8) is 0 Å². The van der Waals surface area contributed by atoms with Crippen LogP contribution in [0.5, 0.6) is 0 Å². The molecular weight excluding hydrogens is 314 g/mol. The Labute approximate surface area is 136 Å². The number of pyridine rings is 1. The highest BCUT2D eigenvalue weighted by molar-refractivity contribution is 7.15. The van der Waals surface area contributed by atoms with E-state index in [9.17, 15) is 0 Å². The van der Waals surface area contributed by atoms with Crippen LogP contribution in [-0.2, 0) is 6.54 Å². The van der Waals surface area contributed by atoms with Crippen molar-refractivity contribution in [3.05, 3.63) is 64.1 Å². The number of benzene rings is 2. The Balaban J connectivity index is 1.66. The fraction of sp³-hybridized carbons (Fsp3) is 0.0588. The number of rotatable bonds is 3. The molecule has 0 amide bonds. The lowest BCUT2D eigenvalue weighted by molar-refractivity contribution is 1.18. The molecule has 0 spiro atoms. The fourth-order valence-electron chi connectivity index (χ4n) is 2.45. The predicted molar refractivity (Wildman–Crippen MR) is 93.7 cm³/mol. The number of anilines is 1. The zero-order chi connectivity index (χ0) is 14.9. The first-order chi connectivity index (χ1) is 10.8. The van der Waals surface area contributed by atoms with Crippen LogP contribution < -0.4 is 5.32 Å². The lowest BCUT2D eigenvalue weighted by atomic mass is 10.1. The molecule has 5 heteroatoms. The largest absolute Gasteiger partial charge is 0.380 e. The fourth-order valence-corrected chi connectivity index (χ4v) is 3.36. The van der Waals surface area contributed by atoms with Gasteiger partial charge in [0.1, 0.15) is 0 Å². The maximum Gasteiger partial charge on any atom is 0.183 e. The van der Waals surface area contributed by atoms with Crippen LogP contribution in [0.25, 0.3) is 21.8 Å². The van der Waals surface area contributed by atoms with Crippen molar-refractivity contribution in [3.8, 4) is 0 Å². The maximum atomic E-state index is 5.85. The highest BCUT2D eigenvalue weighted by Crippen LogP contribution is 2.24. The minimum atomic E-state index is 0.575. The Morgan fingerprint density at radius 3 is 2.73 bits per heavy atom. The molecule has 0 aliphatic rings. The van der Waals surface area contributed by atoms with E-state index in [2.05, 4.69) is 33.5 Å². The van der Waals surface area contributed by atoms with E-state index in [1.807, 2.05) is 30.3 Å². The second-order valence-corrected chi connectivity index (χ2v) is 6.72. The van der Waals surface area contributed by atoms with Crippen molar-refractivity contribution in [1.82, 2.24) is 9.97 Å². The molecule has 2 aromatic carbocycles. The number of hydrogen-bond donors (Lipinski definition) is 1. The Hall–Kier alpha value is -2.17. The molecule has 0 aliphatic heterocycles. The molecule has 0 unspecified atom stereocenters. The van der Waals surface area contributed by atoms with Crippen molar-refractivity contribution >= 4 is 50.4 Å². The van der Waals surface area contributed by atoms with Crippen LogP contribution in [-0.4, -0.2) is 9.97 Å². The normalized spacial score (nSPS) is 11.1. The molecule has 108 valence electrons. The van der Waals surface area contributed by atoms with E-state index in [1.54, 1.807) is 6.20 Å². The zero-order valence-electron chi connectivity index (χ0n) is 11.6. The number of thiazole rings is 1. The van der Waals surface area contributed by atoms with Crippen molar-refractivity contribution < 1.29 is 0 Å². The number of nitrogens with zero attached hydrogens (tertiary/aromatic N) is 2. The number of aromatic nitrogens is 2. The third kappa shape index (κ3) is 2.63. The van der Waals surface area contributed by atoms with Gasteiger partial charge in [0.2, 0.25) is 0 Å². The van der Waals surface area contributed by atoms with Gasteiger partial charge in [-0.2, -0.15) is 0 Å². The maximum absolute atomic E-state index is 5.85. The van der Waals surface area contributed by atoms with Crippen LogP contribution in [0.3, 0.4) is 0 Å². The van der Waals surface area contributed by atoms with Gasteiger partial charge in [0.15, 0.2) is 4.47 Å². The third-order valence-electron chi connectivity index (χ3n) is 3.51. The molecule has 2 aromatic heterocycles. The number of nitrogens with one attached hydrogen (secondary N) is 1. The van der Waals surface area contributed by atoms with Gasteiger partial charge in [-0.3, -0.25) is 0 Å². The summed E-state index contributed by atoms with van der Waals surface area (Å²) in [6.07, 6.45) is 1.80. The van der Waals surface area contributed by atoms with Gasteiger partial charge < -0.3 is 5.32 Å². The monoisotopic (exact) mass is 325 g/mol. The molecule has 0 bridgehead atoms. The van der Waals surface area contributed by atoms with Gasteiger partial charge in [-0.25, -0.2) is 9.97 Å². The van der Waals surface area contributed by atoms with Crippen LogP contribution in [0.15, 0.2) is 54.7 Å². The second kappa shape index (κ2) is 5.55. The third-order valence-corrected chi connectivity index (χ3v) is 4.62. The molecular formula is C17H12ClN3S.